The van der Waals surface area contributed by atoms with Crippen LogP contribution < -0.4 is 0 Å². The number of hydrogen-bond donors (Lipinski definition) is 0. The molecule has 0 bridgehead atoms. The lowest BCUT2D eigenvalue weighted by Gasteiger charge is -2.35. The molecule has 0 aliphatic carbocycles. The van der Waals surface area contributed by atoms with E-state index < -0.39 is 0 Å². The maximum Gasteiger partial charge on any atom is 0.251 e. The molecule has 156 valence electrons. The van der Waals surface area contributed by atoms with E-state index in [-0.39, 0.29) is 17.9 Å². The van der Waals surface area contributed by atoms with Crippen LogP contribution >= 0.6 is 0 Å². The summed E-state index contributed by atoms with van der Waals surface area (Å²) in [5.74, 6) is 0.208. The predicted octanol–water partition coefficient (Wildman–Crippen LogP) is 1.44. The molecule has 1 atom stereocenters. The number of carbonyl (C=O) groups is 2. The van der Waals surface area contributed by atoms with Gasteiger partial charge < -0.3 is 14.5 Å². The average Bonchev–Trinajstić information content (AvgIpc) is 3.37. The van der Waals surface area contributed by atoms with Crippen LogP contribution in [0.3, 0.4) is 0 Å². The smallest absolute Gasteiger partial charge is 0.251 e. The Balaban J connectivity index is 1.34. The molecule has 4 heterocycles. The molecule has 0 aromatic carbocycles. The Bertz CT molecular complexity index is 924. The van der Waals surface area contributed by atoms with Crippen molar-refractivity contribution < 1.29 is 14.3 Å². The van der Waals surface area contributed by atoms with Crippen molar-refractivity contribution in [3.8, 4) is 0 Å². The van der Waals surface area contributed by atoms with Crippen LogP contribution in [0.25, 0.3) is 5.65 Å². The van der Waals surface area contributed by atoms with Crippen LogP contribution in [-0.2, 0) is 20.7 Å². The summed E-state index contributed by atoms with van der Waals surface area (Å²) in [5, 5.41) is 4.50. The number of nitrogens with zero attached hydrogens (tertiary/aromatic N) is 5. The highest BCUT2D eigenvalue weighted by Gasteiger charge is 2.31. The fraction of sp³-hybridized carbons (Fsp3) is 0.619. The molecular weight excluding hydrogens is 370 g/mol. The molecule has 1 unspecified atom stereocenters. The quantitative estimate of drug-likeness (QED) is 0.777. The highest BCUT2D eigenvalue weighted by atomic mass is 16.5. The molecule has 0 radical (unpaired) electrons. The Labute approximate surface area is 170 Å². The maximum atomic E-state index is 12.7. The van der Waals surface area contributed by atoms with Crippen molar-refractivity contribution in [1.82, 2.24) is 24.4 Å². The van der Waals surface area contributed by atoms with E-state index in [0.29, 0.717) is 45.6 Å². The first kappa shape index (κ1) is 19.8. The minimum Gasteiger partial charge on any atom is -0.368 e. The summed E-state index contributed by atoms with van der Waals surface area (Å²) >= 11 is 0. The molecule has 8 nitrogen and oxygen atoms in total. The lowest BCUT2D eigenvalue weighted by atomic mass is 10.1. The van der Waals surface area contributed by atoms with Crippen LogP contribution in [-0.4, -0.2) is 75.1 Å². The Hall–Kier alpha value is -2.48. The number of aryl methyl sites for hydroxylation is 3. The molecule has 0 N–H and O–H groups in total. The van der Waals surface area contributed by atoms with Gasteiger partial charge in [-0.25, -0.2) is 9.50 Å². The number of rotatable bonds is 4. The monoisotopic (exact) mass is 399 g/mol. The summed E-state index contributed by atoms with van der Waals surface area (Å²) in [6.45, 7) is 9.00. The van der Waals surface area contributed by atoms with Gasteiger partial charge in [-0.1, -0.05) is 0 Å². The van der Waals surface area contributed by atoms with E-state index in [9.17, 15) is 9.59 Å². The van der Waals surface area contributed by atoms with Crippen molar-refractivity contribution in [2.75, 3.05) is 32.8 Å². The summed E-state index contributed by atoms with van der Waals surface area (Å²) in [6.07, 6.45) is 2.57. The summed E-state index contributed by atoms with van der Waals surface area (Å²) in [5.41, 5.74) is 4.86. The topological polar surface area (TPSA) is 80.0 Å². The van der Waals surface area contributed by atoms with Crippen molar-refractivity contribution in [2.24, 2.45) is 0 Å². The minimum absolute atomic E-state index is 0.0785. The van der Waals surface area contributed by atoms with E-state index in [1.807, 2.05) is 41.2 Å². The fourth-order valence-corrected chi connectivity index (χ4v) is 4.35. The highest BCUT2D eigenvalue weighted by Crippen LogP contribution is 2.19. The van der Waals surface area contributed by atoms with Crippen LogP contribution in [0.15, 0.2) is 6.07 Å². The fourth-order valence-electron chi connectivity index (χ4n) is 4.35. The molecule has 8 heteroatoms. The Morgan fingerprint density at radius 3 is 2.55 bits per heavy atom. The highest BCUT2D eigenvalue weighted by molar-refractivity contribution is 5.82. The summed E-state index contributed by atoms with van der Waals surface area (Å²) in [6, 6.07) is 1.96. The predicted molar refractivity (Wildman–Crippen MR) is 108 cm³/mol. The molecule has 2 fully saturated rings. The molecule has 2 saturated heterocycles. The minimum atomic E-state index is -0.281. The van der Waals surface area contributed by atoms with Crippen molar-refractivity contribution in [3.05, 3.63) is 28.7 Å². The second-order valence-corrected chi connectivity index (χ2v) is 8.02. The number of ether oxygens (including phenoxy) is 1. The molecule has 4 rings (SSSR count). The number of carbonyl (C=O) groups excluding carboxylic acids is 2. The van der Waals surface area contributed by atoms with Gasteiger partial charge in [0.2, 0.25) is 5.91 Å². The van der Waals surface area contributed by atoms with E-state index in [1.165, 1.54) is 0 Å². The molecular formula is C21H29N5O3. The number of amides is 2. The SMILES string of the molecule is Cc1cc2nc(C)c(CCC(=O)N3CCN(C(=O)C4CCCO4)CC3)c(C)n2n1. The number of piperazine rings is 1. The largest absolute Gasteiger partial charge is 0.368 e. The van der Waals surface area contributed by atoms with Crippen molar-refractivity contribution in [1.29, 1.82) is 0 Å². The first-order chi connectivity index (χ1) is 13.9. The van der Waals surface area contributed by atoms with Crippen LogP contribution in [0, 0.1) is 20.8 Å². The van der Waals surface area contributed by atoms with E-state index in [4.69, 9.17) is 4.74 Å². The Kier molecular flexibility index (Phi) is 5.54. The molecule has 2 aliphatic rings. The van der Waals surface area contributed by atoms with E-state index in [1.54, 1.807) is 0 Å². The number of fused-ring (bicyclic) bond motifs is 1. The van der Waals surface area contributed by atoms with Gasteiger partial charge in [-0.05, 0) is 45.6 Å². The first-order valence-corrected chi connectivity index (χ1v) is 10.4. The molecule has 2 aliphatic heterocycles. The molecule has 29 heavy (non-hydrogen) atoms. The van der Waals surface area contributed by atoms with E-state index >= 15 is 0 Å². The average molecular weight is 399 g/mol. The summed E-state index contributed by atoms with van der Waals surface area (Å²) < 4.78 is 7.36. The van der Waals surface area contributed by atoms with Gasteiger partial charge in [0.05, 0.1) is 5.69 Å². The van der Waals surface area contributed by atoms with Crippen LogP contribution in [0.4, 0.5) is 0 Å². The zero-order valence-electron chi connectivity index (χ0n) is 17.5. The summed E-state index contributed by atoms with van der Waals surface area (Å²) in [7, 11) is 0. The van der Waals surface area contributed by atoms with Gasteiger partial charge in [0.25, 0.3) is 5.91 Å². The molecule has 0 saturated carbocycles. The van der Waals surface area contributed by atoms with Crippen molar-refractivity contribution in [3.63, 3.8) is 0 Å². The van der Waals surface area contributed by atoms with Crippen molar-refractivity contribution >= 4 is 17.5 Å². The third-order valence-electron chi connectivity index (χ3n) is 6.02. The third kappa shape index (κ3) is 3.99. The third-order valence-corrected chi connectivity index (χ3v) is 6.02. The maximum absolute atomic E-state index is 12.7. The first-order valence-electron chi connectivity index (χ1n) is 10.4. The van der Waals surface area contributed by atoms with E-state index in [2.05, 4.69) is 10.1 Å². The van der Waals surface area contributed by atoms with Gasteiger partial charge in [-0.15, -0.1) is 0 Å². The standard InChI is InChI=1S/C21H29N5O3/c1-14-13-19-22-15(2)17(16(3)26(19)23-14)6-7-20(27)24-8-10-25(11-9-24)21(28)18-5-4-12-29-18/h13,18H,4-12H2,1-3H3. The van der Waals surface area contributed by atoms with Gasteiger partial charge in [0, 0.05) is 56.7 Å². The Morgan fingerprint density at radius 1 is 1.14 bits per heavy atom. The second-order valence-electron chi connectivity index (χ2n) is 8.02. The molecule has 2 aromatic heterocycles. The summed E-state index contributed by atoms with van der Waals surface area (Å²) in [4.78, 5) is 33.5. The second kappa shape index (κ2) is 8.10. The van der Waals surface area contributed by atoms with Gasteiger partial charge in [0.1, 0.15) is 6.10 Å². The molecule has 2 aromatic rings. The molecule has 0 spiro atoms. The van der Waals surface area contributed by atoms with Crippen molar-refractivity contribution in [2.45, 2.75) is 52.6 Å². The Morgan fingerprint density at radius 2 is 1.86 bits per heavy atom. The lowest BCUT2D eigenvalue weighted by molar-refractivity contribution is -0.146. The molecule has 2 amide bonds. The van der Waals surface area contributed by atoms with Gasteiger partial charge in [0.15, 0.2) is 5.65 Å². The van der Waals surface area contributed by atoms with Crippen LogP contribution in [0.2, 0.25) is 0 Å². The number of aromatic nitrogens is 3. The number of hydrogen-bond acceptors (Lipinski definition) is 5. The van der Waals surface area contributed by atoms with Gasteiger partial charge in [-0.3, -0.25) is 9.59 Å². The van der Waals surface area contributed by atoms with Crippen LogP contribution in [0.5, 0.6) is 0 Å². The van der Waals surface area contributed by atoms with Gasteiger partial charge >= 0.3 is 0 Å². The van der Waals surface area contributed by atoms with Gasteiger partial charge in [-0.2, -0.15) is 5.10 Å². The van der Waals surface area contributed by atoms with E-state index in [0.717, 1.165) is 41.1 Å². The normalized spacial score (nSPS) is 19.9. The zero-order chi connectivity index (χ0) is 20.5. The zero-order valence-corrected chi connectivity index (χ0v) is 17.5. The van der Waals surface area contributed by atoms with Crippen LogP contribution in [0.1, 0.15) is 41.9 Å². The lowest BCUT2D eigenvalue weighted by Crippen LogP contribution is -2.52.